The van der Waals surface area contributed by atoms with Crippen LogP contribution in [0, 0.1) is 5.41 Å². The summed E-state index contributed by atoms with van der Waals surface area (Å²) in [7, 11) is 2.90. The van der Waals surface area contributed by atoms with Crippen LogP contribution in [0.4, 0.5) is 4.79 Å². The molecule has 3 saturated carbocycles. The molecule has 1 aliphatic heterocycles. The van der Waals surface area contributed by atoms with Gasteiger partial charge in [0.05, 0.1) is 25.7 Å². The number of amides is 3. The molecule has 0 aromatic rings. The Bertz CT molecular complexity index is 898. The first kappa shape index (κ1) is 27.1. The maximum Gasteiger partial charge on any atom is 0.408 e. The Morgan fingerprint density at radius 2 is 1.74 bits per heavy atom. The van der Waals surface area contributed by atoms with E-state index in [1.54, 1.807) is 12.5 Å². The van der Waals surface area contributed by atoms with Gasteiger partial charge in [0.15, 0.2) is 6.04 Å². The van der Waals surface area contributed by atoms with Crippen molar-refractivity contribution < 1.29 is 38.9 Å². The Labute approximate surface area is 208 Å². The second kappa shape index (κ2) is 9.86. The summed E-state index contributed by atoms with van der Waals surface area (Å²) in [5.41, 5.74) is -0.537. The first-order valence-electron chi connectivity index (χ1n) is 11.3. The highest BCUT2D eigenvalue weighted by Crippen LogP contribution is 2.72. The lowest BCUT2D eigenvalue weighted by Gasteiger charge is -2.72. The van der Waals surface area contributed by atoms with Crippen LogP contribution < -0.4 is 16.0 Å². The van der Waals surface area contributed by atoms with Crippen molar-refractivity contribution in [1.82, 2.24) is 20.9 Å². The van der Waals surface area contributed by atoms with Gasteiger partial charge in [0, 0.05) is 23.4 Å². The fraction of sp³-hybridized carbons (Fsp3) is 0.727. The molecule has 4 aliphatic rings. The van der Waals surface area contributed by atoms with Crippen molar-refractivity contribution in [3.63, 3.8) is 0 Å². The molecule has 13 heteroatoms. The fourth-order valence-electron chi connectivity index (χ4n) is 5.00. The van der Waals surface area contributed by atoms with E-state index in [4.69, 9.17) is 4.74 Å². The first-order valence-corrected chi connectivity index (χ1v) is 12.2. The Morgan fingerprint density at radius 1 is 1.14 bits per heavy atom. The molecule has 4 rings (SSSR count). The van der Waals surface area contributed by atoms with Gasteiger partial charge < -0.3 is 40.5 Å². The molecule has 12 nitrogen and oxygen atoms in total. The van der Waals surface area contributed by atoms with Gasteiger partial charge in [0.1, 0.15) is 17.3 Å². The zero-order valence-corrected chi connectivity index (χ0v) is 21.4. The first-order chi connectivity index (χ1) is 16.3. The van der Waals surface area contributed by atoms with Crippen molar-refractivity contribution in [3.8, 4) is 0 Å². The lowest BCUT2D eigenvalue weighted by Crippen LogP contribution is -2.78. The number of aliphatic hydroxyl groups is 2. The number of carbonyl (C=O) groups is 4. The van der Waals surface area contributed by atoms with E-state index in [-0.39, 0.29) is 16.3 Å². The second-order valence-corrected chi connectivity index (χ2v) is 11.3. The third-order valence-electron chi connectivity index (χ3n) is 6.42. The number of rotatable bonds is 9. The molecule has 0 saturated heterocycles. The summed E-state index contributed by atoms with van der Waals surface area (Å²) in [5, 5.41) is 28.3. The number of ether oxygens (including phenoxy) is 2. The lowest BCUT2D eigenvalue weighted by molar-refractivity contribution is -0.168. The summed E-state index contributed by atoms with van der Waals surface area (Å²) in [5.74, 6) is -2.23. The van der Waals surface area contributed by atoms with Crippen LogP contribution in [0.3, 0.4) is 0 Å². The summed E-state index contributed by atoms with van der Waals surface area (Å²) >= 11 is 1.50. The van der Waals surface area contributed by atoms with Gasteiger partial charge in [0.2, 0.25) is 5.91 Å². The van der Waals surface area contributed by atoms with Crippen LogP contribution in [-0.4, -0.2) is 95.0 Å². The van der Waals surface area contributed by atoms with E-state index >= 15 is 0 Å². The number of alkyl carbamates (subject to hydrolysis) is 1. The van der Waals surface area contributed by atoms with Crippen molar-refractivity contribution in [2.24, 2.45) is 5.41 Å². The largest absolute Gasteiger partial charge is 0.467 e. The molecule has 3 atom stereocenters. The normalized spacial score (nSPS) is 28.5. The molecule has 3 aliphatic carbocycles. The minimum absolute atomic E-state index is 0.00921. The molecule has 3 amide bonds. The summed E-state index contributed by atoms with van der Waals surface area (Å²) < 4.78 is 9.85. The lowest BCUT2D eigenvalue weighted by atomic mass is 9.39. The molecule has 0 aromatic carbocycles. The quantitative estimate of drug-likeness (QED) is 0.251. The number of nitrogens with zero attached hydrogens (tertiary/aromatic N) is 1. The molecule has 0 radical (unpaired) electrons. The summed E-state index contributed by atoms with van der Waals surface area (Å²) in [6, 6.07) is -2.63. The number of hydrogen-bond acceptors (Lipinski definition) is 10. The molecule has 35 heavy (non-hydrogen) atoms. The van der Waals surface area contributed by atoms with E-state index in [0.29, 0.717) is 5.70 Å². The minimum Gasteiger partial charge on any atom is -0.467 e. The standard InChI is InChI=1S/C22H34N4O8S/c1-20(2,3)34-19(32)25-22-9-21(10-22,11-22)18-26(4)14(8-35-18)16(30)23-12(6-27)15(29)24-13(7-28)17(31)33-5/h8,12-13,18,27-28H,6-7,9-11H2,1-5H3,(H,23,30)(H,24,29)(H,25,32)/t12-,13-,18?,21?,22?/m0/s1. The molecule has 5 N–H and O–H groups in total. The number of nitrogens with one attached hydrogen (secondary N) is 3. The molecule has 2 bridgehead atoms. The molecule has 3 fully saturated rings. The number of carbonyl (C=O) groups excluding carboxylic acids is 4. The predicted octanol–water partition coefficient (Wildman–Crippen LogP) is -0.593. The van der Waals surface area contributed by atoms with Crippen LogP contribution in [0.2, 0.25) is 0 Å². The van der Waals surface area contributed by atoms with Crippen LogP contribution in [-0.2, 0) is 23.9 Å². The van der Waals surface area contributed by atoms with Gasteiger partial charge in [0.25, 0.3) is 5.91 Å². The smallest absolute Gasteiger partial charge is 0.408 e. The summed E-state index contributed by atoms with van der Waals surface area (Å²) in [6.07, 6.45) is 1.91. The van der Waals surface area contributed by atoms with Gasteiger partial charge in [-0.15, -0.1) is 11.8 Å². The number of methoxy groups -OCH3 is 1. The van der Waals surface area contributed by atoms with Gasteiger partial charge in [-0.2, -0.15) is 0 Å². The number of likely N-dealkylation sites (N-methyl/N-ethyl adjacent to an activating group) is 1. The van der Waals surface area contributed by atoms with Crippen LogP contribution in [0.5, 0.6) is 0 Å². The van der Waals surface area contributed by atoms with E-state index in [0.717, 1.165) is 26.4 Å². The van der Waals surface area contributed by atoms with Gasteiger partial charge in [-0.3, -0.25) is 9.59 Å². The fourth-order valence-corrected chi connectivity index (χ4v) is 6.37. The average Bonchev–Trinajstić information content (AvgIpc) is 3.10. The highest BCUT2D eigenvalue weighted by atomic mass is 32.2. The van der Waals surface area contributed by atoms with Crippen molar-refractivity contribution in [1.29, 1.82) is 0 Å². The minimum atomic E-state index is -1.32. The molecule has 1 unspecified atom stereocenters. The summed E-state index contributed by atoms with van der Waals surface area (Å²) in [4.78, 5) is 50.8. The van der Waals surface area contributed by atoms with Gasteiger partial charge >= 0.3 is 12.1 Å². The van der Waals surface area contributed by atoms with Crippen molar-refractivity contribution in [3.05, 3.63) is 11.1 Å². The van der Waals surface area contributed by atoms with Gasteiger partial charge in [-0.1, -0.05) is 0 Å². The van der Waals surface area contributed by atoms with Gasteiger partial charge in [-0.05, 0) is 40.0 Å². The van der Waals surface area contributed by atoms with E-state index in [1.807, 2.05) is 25.7 Å². The van der Waals surface area contributed by atoms with Crippen molar-refractivity contribution in [2.75, 3.05) is 27.4 Å². The van der Waals surface area contributed by atoms with E-state index < -0.39 is 54.8 Å². The second-order valence-electron chi connectivity index (χ2n) is 10.4. The number of esters is 1. The van der Waals surface area contributed by atoms with Crippen LogP contribution in [0.1, 0.15) is 40.0 Å². The van der Waals surface area contributed by atoms with Crippen LogP contribution in [0.25, 0.3) is 0 Å². The molecular formula is C22H34N4O8S. The summed E-state index contributed by atoms with van der Waals surface area (Å²) in [6.45, 7) is 4.05. The monoisotopic (exact) mass is 514 g/mol. The number of thioether (sulfide) groups is 1. The third-order valence-corrected chi connectivity index (χ3v) is 7.86. The molecule has 1 heterocycles. The Morgan fingerprint density at radius 3 is 2.26 bits per heavy atom. The topological polar surface area (TPSA) is 167 Å². The SMILES string of the molecule is COC(=O)[C@H](CO)NC(=O)[C@H](CO)NC(=O)C1=CSC(C23CC(NC(=O)OC(C)(C)C)(C2)C3)N1C. The third kappa shape index (κ3) is 5.51. The highest BCUT2D eigenvalue weighted by molar-refractivity contribution is 8.03. The number of aliphatic hydroxyl groups excluding tert-OH is 2. The maximum atomic E-state index is 12.9. The van der Waals surface area contributed by atoms with Crippen LogP contribution >= 0.6 is 11.8 Å². The maximum absolute atomic E-state index is 12.9. The number of hydrogen-bond donors (Lipinski definition) is 5. The van der Waals surface area contributed by atoms with Crippen molar-refractivity contribution >= 4 is 35.6 Å². The van der Waals surface area contributed by atoms with Crippen LogP contribution in [0.15, 0.2) is 11.1 Å². The molecule has 0 aromatic heterocycles. The highest BCUT2D eigenvalue weighted by Gasteiger charge is 2.72. The van der Waals surface area contributed by atoms with E-state index in [1.165, 1.54) is 11.8 Å². The van der Waals surface area contributed by atoms with E-state index in [2.05, 4.69) is 20.7 Å². The Hall–Kier alpha value is -2.51. The molecule has 0 spiro atoms. The molecular weight excluding hydrogens is 480 g/mol. The predicted molar refractivity (Wildman–Crippen MR) is 126 cm³/mol. The van der Waals surface area contributed by atoms with E-state index in [9.17, 15) is 29.4 Å². The Balaban J connectivity index is 1.52. The zero-order valence-electron chi connectivity index (χ0n) is 20.5. The zero-order chi connectivity index (χ0) is 26.2. The molecule has 196 valence electrons. The average molecular weight is 515 g/mol. The van der Waals surface area contributed by atoms with Gasteiger partial charge in [-0.25, -0.2) is 9.59 Å². The Kier molecular flexibility index (Phi) is 7.63. The van der Waals surface area contributed by atoms with Crippen molar-refractivity contribution in [2.45, 2.75) is 68.6 Å².